The summed E-state index contributed by atoms with van der Waals surface area (Å²) in [5.74, 6) is 0.462. The van der Waals surface area contributed by atoms with Crippen molar-refractivity contribution in [3.05, 3.63) is 53.1 Å². The Balaban J connectivity index is 1.52. The number of nitrogens with one attached hydrogen (secondary N) is 1. The molecular weight excluding hydrogens is 412 g/mol. The number of carbonyl (C=O) groups excluding carboxylic acids is 3. The van der Waals surface area contributed by atoms with Crippen LogP contribution >= 0.6 is 23.4 Å². The lowest BCUT2D eigenvalue weighted by atomic mass is 10.2. The summed E-state index contributed by atoms with van der Waals surface area (Å²) in [6.45, 7) is 1.87. The Morgan fingerprint density at radius 3 is 2.62 bits per heavy atom. The van der Waals surface area contributed by atoms with Gasteiger partial charge in [-0.15, -0.1) is 11.8 Å². The summed E-state index contributed by atoms with van der Waals surface area (Å²) in [5.41, 5.74) is 2.12. The van der Waals surface area contributed by atoms with Gasteiger partial charge in [-0.3, -0.25) is 14.4 Å². The van der Waals surface area contributed by atoms with Crippen LogP contribution in [0, 0.1) is 6.92 Å². The van der Waals surface area contributed by atoms with E-state index in [1.807, 2.05) is 6.92 Å². The van der Waals surface area contributed by atoms with E-state index in [9.17, 15) is 14.4 Å². The van der Waals surface area contributed by atoms with Gasteiger partial charge in [0.2, 0.25) is 17.7 Å². The predicted molar refractivity (Wildman–Crippen MR) is 116 cm³/mol. The fraction of sp³-hybridized carbons (Fsp3) is 0.286. The van der Waals surface area contributed by atoms with Gasteiger partial charge in [-0.2, -0.15) is 0 Å². The molecule has 0 unspecified atom stereocenters. The third kappa shape index (κ3) is 5.10. The molecule has 3 amide bonds. The number of hydrogen-bond donors (Lipinski definition) is 1. The molecule has 0 bridgehead atoms. The first-order valence-corrected chi connectivity index (χ1v) is 10.5. The maximum absolute atomic E-state index is 12.7. The molecule has 0 spiro atoms. The molecular formula is C21H21ClN2O4S. The maximum atomic E-state index is 12.7. The number of thioether (sulfide) groups is 1. The van der Waals surface area contributed by atoms with Crippen LogP contribution in [0.2, 0.25) is 5.02 Å². The van der Waals surface area contributed by atoms with Crippen molar-refractivity contribution in [2.24, 2.45) is 0 Å². The number of methoxy groups -OCH3 is 1. The van der Waals surface area contributed by atoms with Gasteiger partial charge in [0.1, 0.15) is 5.75 Å². The highest BCUT2D eigenvalue weighted by Gasteiger charge is 2.39. The van der Waals surface area contributed by atoms with Gasteiger partial charge in [-0.05, 0) is 55.0 Å². The zero-order chi connectivity index (χ0) is 21.0. The molecule has 0 radical (unpaired) electrons. The van der Waals surface area contributed by atoms with Crippen molar-refractivity contribution < 1.29 is 19.1 Å². The van der Waals surface area contributed by atoms with Crippen molar-refractivity contribution in [3.8, 4) is 5.75 Å². The van der Waals surface area contributed by atoms with Crippen LogP contribution in [0.15, 0.2) is 42.5 Å². The second-order valence-corrected chi connectivity index (χ2v) is 8.33. The van der Waals surface area contributed by atoms with Crippen molar-refractivity contribution in [1.82, 2.24) is 0 Å². The molecule has 0 aromatic heterocycles. The van der Waals surface area contributed by atoms with Crippen LogP contribution in [0.3, 0.4) is 0 Å². The molecule has 0 aliphatic carbocycles. The predicted octanol–water partition coefficient (Wildman–Crippen LogP) is 4.05. The third-order valence-electron chi connectivity index (χ3n) is 4.55. The molecule has 0 saturated carbocycles. The first-order chi connectivity index (χ1) is 13.9. The van der Waals surface area contributed by atoms with Gasteiger partial charge in [0.25, 0.3) is 0 Å². The molecule has 3 rings (SSSR count). The van der Waals surface area contributed by atoms with Gasteiger partial charge < -0.3 is 10.1 Å². The fourth-order valence-electron chi connectivity index (χ4n) is 3.01. The standard InChI is InChI=1S/C21H21ClN2O4S/c1-13-11-14(22)3-8-17(13)23-19(25)9-10-29-18-12-20(26)24(21(18)27)15-4-6-16(28-2)7-5-15/h3-8,11,18H,9-10,12H2,1-2H3,(H,23,25)/t18-/m1/s1. The number of aryl methyl sites for hydroxylation is 1. The smallest absolute Gasteiger partial charge is 0.247 e. The molecule has 29 heavy (non-hydrogen) atoms. The van der Waals surface area contributed by atoms with Crippen LogP contribution in [0.25, 0.3) is 0 Å². The second-order valence-electron chi connectivity index (χ2n) is 6.59. The molecule has 1 aliphatic rings. The average molecular weight is 433 g/mol. The number of hydrogen-bond acceptors (Lipinski definition) is 5. The van der Waals surface area contributed by atoms with E-state index in [-0.39, 0.29) is 30.6 Å². The van der Waals surface area contributed by atoms with E-state index in [2.05, 4.69) is 5.32 Å². The number of ether oxygens (including phenoxy) is 1. The van der Waals surface area contributed by atoms with Crippen molar-refractivity contribution in [1.29, 1.82) is 0 Å². The minimum absolute atomic E-state index is 0.132. The number of nitrogens with zero attached hydrogens (tertiary/aromatic N) is 1. The molecule has 1 atom stereocenters. The zero-order valence-electron chi connectivity index (χ0n) is 16.1. The van der Waals surface area contributed by atoms with E-state index in [4.69, 9.17) is 16.3 Å². The van der Waals surface area contributed by atoms with E-state index in [0.717, 1.165) is 5.56 Å². The highest BCUT2D eigenvalue weighted by Crippen LogP contribution is 2.31. The van der Waals surface area contributed by atoms with Gasteiger partial charge in [0.05, 0.1) is 18.0 Å². The molecule has 1 fully saturated rings. The number of carbonyl (C=O) groups is 3. The van der Waals surface area contributed by atoms with Crippen LogP contribution in [0.1, 0.15) is 18.4 Å². The van der Waals surface area contributed by atoms with Crippen LogP contribution < -0.4 is 15.0 Å². The zero-order valence-corrected chi connectivity index (χ0v) is 17.7. The van der Waals surface area contributed by atoms with Gasteiger partial charge in [0, 0.05) is 29.3 Å². The Kier molecular flexibility index (Phi) is 6.82. The lowest BCUT2D eigenvalue weighted by Gasteiger charge is -2.15. The van der Waals surface area contributed by atoms with E-state index < -0.39 is 5.25 Å². The molecule has 6 nitrogen and oxygen atoms in total. The Morgan fingerprint density at radius 2 is 1.97 bits per heavy atom. The summed E-state index contributed by atoms with van der Waals surface area (Å²) in [5, 5.41) is 2.98. The summed E-state index contributed by atoms with van der Waals surface area (Å²) in [7, 11) is 1.55. The number of benzene rings is 2. The number of imide groups is 1. The lowest BCUT2D eigenvalue weighted by molar-refractivity contribution is -0.121. The van der Waals surface area contributed by atoms with Crippen molar-refractivity contribution >= 4 is 52.5 Å². The molecule has 2 aromatic carbocycles. The first kappa shape index (κ1) is 21.2. The van der Waals surface area contributed by atoms with Crippen LogP contribution in [-0.4, -0.2) is 35.8 Å². The Hall–Kier alpha value is -2.51. The third-order valence-corrected chi connectivity index (χ3v) is 5.99. The summed E-state index contributed by atoms with van der Waals surface area (Å²) < 4.78 is 5.10. The Labute approximate surface area is 178 Å². The average Bonchev–Trinajstić information content (AvgIpc) is 2.97. The van der Waals surface area contributed by atoms with Crippen molar-refractivity contribution in [3.63, 3.8) is 0 Å². The quantitative estimate of drug-likeness (QED) is 0.668. The normalized spacial score (nSPS) is 16.2. The SMILES string of the molecule is COc1ccc(N2C(=O)C[C@@H](SCCC(=O)Nc3ccc(Cl)cc3C)C2=O)cc1. The van der Waals surface area contributed by atoms with E-state index in [0.29, 0.717) is 27.9 Å². The highest BCUT2D eigenvalue weighted by atomic mass is 35.5. The van der Waals surface area contributed by atoms with Crippen LogP contribution in [0.4, 0.5) is 11.4 Å². The monoisotopic (exact) mass is 432 g/mol. The minimum Gasteiger partial charge on any atom is -0.497 e. The minimum atomic E-state index is -0.477. The summed E-state index contributed by atoms with van der Waals surface area (Å²) in [6, 6.07) is 12.0. The van der Waals surface area contributed by atoms with Gasteiger partial charge >= 0.3 is 0 Å². The maximum Gasteiger partial charge on any atom is 0.247 e. The number of halogens is 1. The van der Waals surface area contributed by atoms with E-state index in [1.165, 1.54) is 16.7 Å². The Bertz CT molecular complexity index is 933. The fourth-order valence-corrected chi connectivity index (χ4v) is 4.33. The van der Waals surface area contributed by atoms with Gasteiger partial charge in [-0.1, -0.05) is 11.6 Å². The van der Waals surface area contributed by atoms with Crippen molar-refractivity contribution in [2.45, 2.75) is 25.0 Å². The molecule has 152 valence electrons. The summed E-state index contributed by atoms with van der Waals surface area (Å²) >= 11 is 7.25. The molecule has 1 saturated heterocycles. The number of amides is 3. The molecule has 1 heterocycles. The first-order valence-electron chi connectivity index (χ1n) is 9.07. The highest BCUT2D eigenvalue weighted by molar-refractivity contribution is 8.00. The molecule has 8 heteroatoms. The topological polar surface area (TPSA) is 75.7 Å². The van der Waals surface area contributed by atoms with E-state index >= 15 is 0 Å². The van der Waals surface area contributed by atoms with Crippen LogP contribution in [0.5, 0.6) is 5.75 Å². The molecule has 1 N–H and O–H groups in total. The van der Waals surface area contributed by atoms with Gasteiger partial charge in [0.15, 0.2) is 0 Å². The largest absolute Gasteiger partial charge is 0.497 e. The number of rotatable bonds is 7. The lowest BCUT2D eigenvalue weighted by Crippen LogP contribution is -2.31. The molecule has 2 aromatic rings. The Morgan fingerprint density at radius 1 is 1.24 bits per heavy atom. The van der Waals surface area contributed by atoms with E-state index in [1.54, 1.807) is 49.6 Å². The second kappa shape index (κ2) is 9.33. The molecule has 1 aliphatic heterocycles. The van der Waals surface area contributed by atoms with Crippen LogP contribution in [-0.2, 0) is 14.4 Å². The van der Waals surface area contributed by atoms with Crippen molar-refractivity contribution in [2.75, 3.05) is 23.1 Å². The van der Waals surface area contributed by atoms with Gasteiger partial charge in [-0.25, -0.2) is 4.90 Å². The number of anilines is 2. The summed E-state index contributed by atoms with van der Waals surface area (Å²) in [4.78, 5) is 38.4. The summed E-state index contributed by atoms with van der Waals surface area (Å²) in [6.07, 6.45) is 0.376.